The number of imidazole rings is 1. The average molecular weight is 627 g/mol. The summed E-state index contributed by atoms with van der Waals surface area (Å²) in [5.41, 5.74) is 14.4. The third kappa shape index (κ3) is 5.35. The molecule has 49 heavy (non-hydrogen) atoms. The van der Waals surface area contributed by atoms with Gasteiger partial charge in [-0.1, -0.05) is 146 Å². The van der Waals surface area contributed by atoms with Crippen molar-refractivity contribution < 1.29 is 0 Å². The highest BCUT2D eigenvalue weighted by molar-refractivity contribution is 5.88. The van der Waals surface area contributed by atoms with Gasteiger partial charge in [-0.3, -0.25) is 4.57 Å². The minimum Gasteiger partial charge on any atom is -0.292 e. The third-order valence-corrected chi connectivity index (χ3v) is 9.05. The Bertz CT molecular complexity index is 2550. The van der Waals surface area contributed by atoms with Crippen LogP contribution in [0.2, 0.25) is 0 Å². The SMILES string of the molecule is c1ccc(-c2ccc(-c3nc4ccccc4nc3-c3ccc(-c4ccc(-c5nc6ccccc6n5-c5ccccc5)cc4)cc3)cc2)cc1. The van der Waals surface area contributed by atoms with Gasteiger partial charge in [0, 0.05) is 22.4 Å². The highest BCUT2D eigenvalue weighted by Gasteiger charge is 2.16. The van der Waals surface area contributed by atoms with Crippen molar-refractivity contribution in [2.75, 3.05) is 0 Å². The van der Waals surface area contributed by atoms with Gasteiger partial charge in [-0.2, -0.15) is 0 Å². The summed E-state index contributed by atoms with van der Waals surface area (Å²) in [6.45, 7) is 0. The molecule has 2 aromatic heterocycles. The first-order chi connectivity index (χ1) is 24.3. The van der Waals surface area contributed by atoms with Crippen LogP contribution in [-0.4, -0.2) is 19.5 Å². The standard InChI is InChI=1S/C45H30N4/c1-3-11-31(12-4-1)32-19-25-35(26-20-32)43-44(47-40-16-8-7-15-39(40)46-43)36-27-21-33(22-28-36)34-23-29-37(30-24-34)45-48-41-17-9-10-18-42(41)49(45)38-13-5-2-6-14-38/h1-30H. The molecule has 0 N–H and O–H groups in total. The van der Waals surface area contributed by atoms with Crippen LogP contribution in [0.15, 0.2) is 182 Å². The molecule has 9 aromatic rings. The molecule has 0 aliphatic rings. The molecular weight excluding hydrogens is 597 g/mol. The maximum absolute atomic E-state index is 5.13. The van der Waals surface area contributed by atoms with Crippen LogP contribution in [0.4, 0.5) is 0 Å². The zero-order valence-electron chi connectivity index (χ0n) is 26.6. The normalized spacial score (nSPS) is 11.3. The van der Waals surface area contributed by atoms with Gasteiger partial charge in [0.2, 0.25) is 0 Å². The molecular formula is C45H30N4. The number of aromatic nitrogens is 4. The van der Waals surface area contributed by atoms with Gasteiger partial charge in [0.05, 0.1) is 33.5 Å². The molecule has 4 nitrogen and oxygen atoms in total. The summed E-state index contributed by atoms with van der Waals surface area (Å²) in [6.07, 6.45) is 0. The van der Waals surface area contributed by atoms with Crippen LogP contribution >= 0.6 is 0 Å². The highest BCUT2D eigenvalue weighted by Crippen LogP contribution is 2.35. The van der Waals surface area contributed by atoms with E-state index >= 15 is 0 Å². The lowest BCUT2D eigenvalue weighted by atomic mass is 9.98. The smallest absolute Gasteiger partial charge is 0.145 e. The quantitative estimate of drug-likeness (QED) is 0.184. The van der Waals surface area contributed by atoms with Gasteiger partial charge in [-0.25, -0.2) is 15.0 Å². The Hall–Kier alpha value is -6.65. The number of benzene rings is 7. The van der Waals surface area contributed by atoms with Gasteiger partial charge in [-0.05, 0) is 58.7 Å². The number of para-hydroxylation sites is 5. The van der Waals surface area contributed by atoms with E-state index in [1.165, 1.54) is 11.1 Å². The Kier molecular flexibility index (Phi) is 7.10. The third-order valence-electron chi connectivity index (χ3n) is 9.05. The molecule has 0 bridgehead atoms. The molecule has 9 rings (SSSR count). The minimum atomic E-state index is 0.868. The van der Waals surface area contributed by atoms with E-state index in [0.29, 0.717) is 0 Å². The topological polar surface area (TPSA) is 43.6 Å². The molecule has 0 saturated carbocycles. The van der Waals surface area contributed by atoms with E-state index in [0.717, 1.165) is 72.8 Å². The predicted molar refractivity (Wildman–Crippen MR) is 201 cm³/mol. The van der Waals surface area contributed by atoms with E-state index < -0.39 is 0 Å². The molecule has 0 radical (unpaired) electrons. The molecule has 0 unspecified atom stereocenters. The number of hydrogen-bond donors (Lipinski definition) is 0. The predicted octanol–water partition coefficient (Wildman–Crippen LogP) is 11.3. The minimum absolute atomic E-state index is 0.868. The van der Waals surface area contributed by atoms with Crippen molar-refractivity contribution in [1.82, 2.24) is 19.5 Å². The molecule has 7 aromatic carbocycles. The summed E-state index contributed by atoms with van der Waals surface area (Å²) >= 11 is 0. The largest absolute Gasteiger partial charge is 0.292 e. The van der Waals surface area contributed by atoms with E-state index in [1.807, 2.05) is 42.5 Å². The van der Waals surface area contributed by atoms with E-state index in [1.54, 1.807) is 0 Å². The first-order valence-corrected chi connectivity index (χ1v) is 16.5. The molecule has 0 aliphatic heterocycles. The van der Waals surface area contributed by atoms with Gasteiger partial charge >= 0.3 is 0 Å². The Morgan fingerprint density at radius 3 is 1.20 bits per heavy atom. The van der Waals surface area contributed by atoms with Crippen molar-refractivity contribution >= 4 is 22.1 Å². The van der Waals surface area contributed by atoms with Crippen LogP contribution < -0.4 is 0 Å². The lowest BCUT2D eigenvalue weighted by molar-refractivity contribution is 1.10. The molecule has 230 valence electrons. The van der Waals surface area contributed by atoms with E-state index in [4.69, 9.17) is 15.0 Å². The van der Waals surface area contributed by atoms with Crippen LogP contribution in [0, 0.1) is 0 Å². The first kappa shape index (κ1) is 28.6. The Morgan fingerprint density at radius 1 is 0.286 bits per heavy atom. The average Bonchev–Trinajstić information content (AvgIpc) is 3.58. The lowest BCUT2D eigenvalue weighted by Crippen LogP contribution is -1.97. The molecule has 0 saturated heterocycles. The Labute approximate surface area is 284 Å². The van der Waals surface area contributed by atoms with Crippen molar-refractivity contribution in [2.24, 2.45) is 0 Å². The highest BCUT2D eigenvalue weighted by atomic mass is 15.1. The molecule has 0 spiro atoms. The zero-order chi connectivity index (χ0) is 32.6. The summed E-state index contributed by atoms with van der Waals surface area (Å²) in [7, 11) is 0. The van der Waals surface area contributed by atoms with Crippen LogP contribution in [0.1, 0.15) is 0 Å². The van der Waals surface area contributed by atoms with Gasteiger partial charge < -0.3 is 0 Å². The number of fused-ring (bicyclic) bond motifs is 2. The summed E-state index contributed by atoms with van der Waals surface area (Å²) in [5.74, 6) is 0.925. The van der Waals surface area contributed by atoms with E-state index in [9.17, 15) is 0 Å². The number of nitrogens with zero attached hydrogens (tertiary/aromatic N) is 4. The molecule has 0 fully saturated rings. The van der Waals surface area contributed by atoms with Gasteiger partial charge in [0.1, 0.15) is 5.82 Å². The van der Waals surface area contributed by atoms with E-state index in [2.05, 4.69) is 144 Å². The van der Waals surface area contributed by atoms with Crippen LogP contribution in [0.5, 0.6) is 0 Å². The Morgan fingerprint density at radius 2 is 0.673 bits per heavy atom. The second-order valence-electron chi connectivity index (χ2n) is 12.1. The monoisotopic (exact) mass is 626 g/mol. The maximum Gasteiger partial charge on any atom is 0.145 e. The number of hydrogen-bond acceptors (Lipinski definition) is 3. The first-order valence-electron chi connectivity index (χ1n) is 16.5. The zero-order valence-corrected chi connectivity index (χ0v) is 26.6. The summed E-state index contributed by atoms with van der Waals surface area (Å²) in [5, 5.41) is 0. The fourth-order valence-electron chi connectivity index (χ4n) is 6.54. The second kappa shape index (κ2) is 12.2. The lowest BCUT2D eigenvalue weighted by Gasteiger charge is -2.12. The molecule has 4 heteroatoms. The van der Waals surface area contributed by atoms with Crippen molar-refractivity contribution in [2.45, 2.75) is 0 Å². The second-order valence-corrected chi connectivity index (χ2v) is 12.1. The molecule has 0 aliphatic carbocycles. The molecule has 0 amide bonds. The molecule has 2 heterocycles. The van der Waals surface area contributed by atoms with Crippen molar-refractivity contribution in [3.63, 3.8) is 0 Å². The van der Waals surface area contributed by atoms with Crippen molar-refractivity contribution in [3.05, 3.63) is 182 Å². The van der Waals surface area contributed by atoms with Crippen LogP contribution in [0.3, 0.4) is 0 Å². The fourth-order valence-corrected chi connectivity index (χ4v) is 6.54. The van der Waals surface area contributed by atoms with Gasteiger partial charge in [0.15, 0.2) is 0 Å². The maximum atomic E-state index is 5.13. The van der Waals surface area contributed by atoms with Crippen molar-refractivity contribution in [1.29, 1.82) is 0 Å². The van der Waals surface area contributed by atoms with Crippen LogP contribution in [-0.2, 0) is 0 Å². The van der Waals surface area contributed by atoms with Crippen molar-refractivity contribution in [3.8, 4) is 61.8 Å². The summed E-state index contributed by atoms with van der Waals surface area (Å²) in [4.78, 5) is 15.3. The van der Waals surface area contributed by atoms with Crippen LogP contribution in [0.25, 0.3) is 83.9 Å². The Balaban J connectivity index is 1.06. The molecule has 0 atom stereocenters. The van der Waals surface area contributed by atoms with Gasteiger partial charge in [-0.15, -0.1) is 0 Å². The summed E-state index contributed by atoms with van der Waals surface area (Å²) < 4.78 is 2.23. The fraction of sp³-hybridized carbons (Fsp3) is 0. The number of rotatable bonds is 6. The van der Waals surface area contributed by atoms with E-state index in [-0.39, 0.29) is 0 Å². The summed E-state index contributed by atoms with van der Waals surface area (Å²) in [6, 6.07) is 63.1. The van der Waals surface area contributed by atoms with Gasteiger partial charge in [0.25, 0.3) is 0 Å².